The second kappa shape index (κ2) is 8.98. The van der Waals surface area contributed by atoms with Gasteiger partial charge in [0.05, 0.1) is 5.92 Å². The number of amides is 2. The van der Waals surface area contributed by atoms with Crippen molar-refractivity contribution in [2.45, 2.75) is 53.6 Å². The van der Waals surface area contributed by atoms with Crippen LogP contribution in [-0.4, -0.2) is 41.1 Å². The van der Waals surface area contributed by atoms with Crippen LogP contribution >= 0.6 is 0 Å². The molecule has 0 aromatic carbocycles. The largest absolute Gasteiger partial charge is 0.382 e. The van der Waals surface area contributed by atoms with Crippen LogP contribution in [-0.2, 0) is 14.4 Å². The molecule has 4 N–H and O–H groups in total. The summed E-state index contributed by atoms with van der Waals surface area (Å²) in [5, 5.41) is 21.2. The van der Waals surface area contributed by atoms with Crippen molar-refractivity contribution < 1.29 is 24.7 Å². The number of Topliss-reactive ketones (excluding diaryl/α,β-unsaturated/α-hetero) is 1. The predicted molar refractivity (Wildman–Crippen MR) is 85.5 cm³/mol. The highest BCUT2D eigenvalue weighted by atomic mass is 16.5. The first-order valence-corrected chi connectivity index (χ1v) is 7.82. The molecule has 0 bridgehead atoms. The van der Waals surface area contributed by atoms with E-state index in [9.17, 15) is 19.5 Å². The van der Waals surface area contributed by atoms with Crippen LogP contribution in [0, 0.1) is 23.2 Å². The van der Waals surface area contributed by atoms with Gasteiger partial charge in [-0.15, -0.1) is 0 Å². The number of nitrogens with one attached hydrogen (secondary N) is 2. The van der Waals surface area contributed by atoms with Crippen LogP contribution in [0.25, 0.3) is 0 Å². The van der Waals surface area contributed by atoms with Gasteiger partial charge in [0.25, 0.3) is 5.91 Å². The Balaban J connectivity index is 5.35. The van der Waals surface area contributed by atoms with Crippen molar-refractivity contribution in [2.75, 3.05) is 7.05 Å². The Kier molecular flexibility index (Phi) is 8.41. The Labute approximate surface area is 137 Å². The van der Waals surface area contributed by atoms with Crippen LogP contribution in [0.5, 0.6) is 0 Å². The van der Waals surface area contributed by atoms with Crippen LogP contribution in [0.1, 0.15) is 47.5 Å². The van der Waals surface area contributed by atoms with Gasteiger partial charge in [-0.3, -0.25) is 19.6 Å². The van der Waals surface area contributed by atoms with E-state index < -0.39 is 29.3 Å². The third-order valence-corrected chi connectivity index (χ3v) is 3.91. The van der Waals surface area contributed by atoms with Gasteiger partial charge in [0.1, 0.15) is 11.9 Å². The summed E-state index contributed by atoms with van der Waals surface area (Å²) in [4.78, 5) is 36.1. The van der Waals surface area contributed by atoms with Gasteiger partial charge in [0.2, 0.25) is 5.91 Å². The van der Waals surface area contributed by atoms with Crippen molar-refractivity contribution >= 4 is 17.6 Å². The fraction of sp³-hybridized carbons (Fsp3) is 0.812. The molecule has 7 heteroatoms. The molecule has 0 fully saturated rings. The van der Waals surface area contributed by atoms with Crippen molar-refractivity contribution in [1.29, 1.82) is 0 Å². The van der Waals surface area contributed by atoms with Crippen molar-refractivity contribution in [3.63, 3.8) is 0 Å². The maximum atomic E-state index is 12.6. The SMILES string of the molecule is CNC(=O)[C@@H](CC(=O)[C@H](CC(C)C)[C@H](O)C(=O)NO)C(C)(C)C. The topological polar surface area (TPSA) is 116 Å². The van der Waals surface area contributed by atoms with E-state index in [4.69, 9.17) is 5.21 Å². The number of ketones is 1. The molecule has 0 radical (unpaired) electrons. The predicted octanol–water partition coefficient (Wildman–Crippen LogP) is 0.883. The Hall–Kier alpha value is -1.47. The van der Waals surface area contributed by atoms with Crippen LogP contribution in [0.3, 0.4) is 0 Å². The molecule has 0 saturated heterocycles. The van der Waals surface area contributed by atoms with Gasteiger partial charge in [-0.1, -0.05) is 34.6 Å². The fourth-order valence-electron chi connectivity index (χ4n) is 2.51. The molecule has 0 unspecified atom stereocenters. The zero-order valence-electron chi connectivity index (χ0n) is 14.8. The van der Waals surface area contributed by atoms with Gasteiger partial charge in [0.15, 0.2) is 0 Å². The zero-order valence-corrected chi connectivity index (χ0v) is 14.8. The van der Waals surface area contributed by atoms with E-state index in [1.54, 1.807) is 0 Å². The summed E-state index contributed by atoms with van der Waals surface area (Å²) in [6.45, 7) is 9.30. The minimum atomic E-state index is -1.64. The number of carbonyl (C=O) groups excluding carboxylic acids is 3. The second-order valence-corrected chi connectivity index (χ2v) is 7.36. The fourth-order valence-corrected chi connectivity index (χ4v) is 2.51. The number of carbonyl (C=O) groups is 3. The van der Waals surface area contributed by atoms with Gasteiger partial charge in [-0.25, -0.2) is 5.48 Å². The molecule has 0 aliphatic heterocycles. The summed E-state index contributed by atoms with van der Waals surface area (Å²) < 4.78 is 0. The van der Waals surface area contributed by atoms with Gasteiger partial charge in [0, 0.05) is 19.4 Å². The van der Waals surface area contributed by atoms with E-state index in [1.165, 1.54) is 12.5 Å². The third-order valence-electron chi connectivity index (χ3n) is 3.91. The summed E-state index contributed by atoms with van der Waals surface area (Å²) >= 11 is 0. The molecule has 134 valence electrons. The molecule has 23 heavy (non-hydrogen) atoms. The minimum Gasteiger partial charge on any atom is -0.382 e. The quantitative estimate of drug-likeness (QED) is 0.389. The number of aliphatic hydroxyl groups is 1. The number of hydrogen-bond donors (Lipinski definition) is 4. The smallest absolute Gasteiger partial charge is 0.272 e. The first-order chi connectivity index (χ1) is 10.4. The molecule has 0 aliphatic carbocycles. The lowest BCUT2D eigenvalue weighted by Crippen LogP contribution is -2.44. The minimum absolute atomic E-state index is 0.0678. The molecule has 0 aliphatic rings. The van der Waals surface area contributed by atoms with E-state index in [0.29, 0.717) is 0 Å². The van der Waals surface area contributed by atoms with Crippen LogP contribution < -0.4 is 10.8 Å². The summed E-state index contributed by atoms with van der Waals surface area (Å²) in [6, 6.07) is 0. The van der Waals surface area contributed by atoms with Crippen LogP contribution in [0.2, 0.25) is 0 Å². The molecular weight excluding hydrogens is 300 g/mol. The third kappa shape index (κ3) is 6.66. The maximum absolute atomic E-state index is 12.6. The Morgan fingerprint density at radius 1 is 1.09 bits per heavy atom. The average Bonchev–Trinajstić information content (AvgIpc) is 2.46. The summed E-state index contributed by atoms with van der Waals surface area (Å²) in [6.07, 6.45) is -1.42. The lowest BCUT2D eigenvalue weighted by atomic mass is 9.74. The zero-order chi connectivity index (χ0) is 18.4. The number of rotatable bonds is 8. The Morgan fingerprint density at radius 3 is 1.96 bits per heavy atom. The lowest BCUT2D eigenvalue weighted by Gasteiger charge is -2.31. The van der Waals surface area contributed by atoms with Crippen molar-refractivity contribution in [3.8, 4) is 0 Å². The van der Waals surface area contributed by atoms with Gasteiger partial charge in [-0.2, -0.15) is 0 Å². The van der Waals surface area contributed by atoms with Crippen LogP contribution in [0.4, 0.5) is 0 Å². The molecule has 2 amide bonds. The van der Waals surface area contributed by atoms with Gasteiger partial charge < -0.3 is 10.4 Å². The molecule has 0 aromatic heterocycles. The summed E-state index contributed by atoms with van der Waals surface area (Å²) in [7, 11) is 1.51. The highest BCUT2D eigenvalue weighted by Gasteiger charge is 2.38. The normalized spacial score (nSPS) is 15.7. The van der Waals surface area contributed by atoms with E-state index in [0.717, 1.165) is 0 Å². The van der Waals surface area contributed by atoms with E-state index in [1.807, 2.05) is 34.6 Å². The Morgan fingerprint density at radius 2 is 1.61 bits per heavy atom. The van der Waals surface area contributed by atoms with Crippen molar-refractivity contribution in [3.05, 3.63) is 0 Å². The van der Waals surface area contributed by atoms with E-state index in [2.05, 4.69) is 5.32 Å². The molecule has 0 aromatic rings. The molecule has 0 spiro atoms. The van der Waals surface area contributed by atoms with Crippen molar-refractivity contribution in [1.82, 2.24) is 10.8 Å². The van der Waals surface area contributed by atoms with Gasteiger partial charge >= 0.3 is 0 Å². The number of aliphatic hydroxyl groups excluding tert-OH is 1. The monoisotopic (exact) mass is 330 g/mol. The second-order valence-electron chi connectivity index (χ2n) is 7.36. The number of hydroxylamine groups is 1. The summed E-state index contributed by atoms with van der Waals surface area (Å²) in [5.41, 5.74) is 0.928. The standard InChI is InChI=1S/C16H30N2O5/c1-9(2)7-10(13(20)15(22)18-23)12(19)8-11(14(21)17-6)16(3,4)5/h9-11,13,20,23H,7-8H2,1-6H3,(H,17,21)(H,18,22)/t10-,11+,13-/m0/s1. The average molecular weight is 330 g/mol. The molecule has 7 nitrogen and oxygen atoms in total. The number of hydrogen-bond acceptors (Lipinski definition) is 5. The Bertz CT molecular complexity index is 429. The molecule has 0 heterocycles. The van der Waals surface area contributed by atoms with Crippen LogP contribution in [0.15, 0.2) is 0 Å². The highest BCUT2D eigenvalue weighted by Crippen LogP contribution is 2.31. The first-order valence-electron chi connectivity index (χ1n) is 7.82. The molecule has 3 atom stereocenters. The summed E-state index contributed by atoms with van der Waals surface area (Å²) in [5.74, 6) is -3.10. The maximum Gasteiger partial charge on any atom is 0.272 e. The lowest BCUT2D eigenvalue weighted by molar-refractivity contribution is -0.147. The van der Waals surface area contributed by atoms with E-state index in [-0.39, 0.29) is 30.4 Å². The first kappa shape index (κ1) is 21.5. The van der Waals surface area contributed by atoms with E-state index >= 15 is 0 Å². The van der Waals surface area contributed by atoms with Crippen molar-refractivity contribution in [2.24, 2.45) is 23.2 Å². The molecule has 0 rings (SSSR count). The highest BCUT2D eigenvalue weighted by molar-refractivity contribution is 5.92. The van der Waals surface area contributed by atoms with Gasteiger partial charge in [-0.05, 0) is 17.8 Å². The molecule has 0 saturated carbocycles. The molecular formula is C16H30N2O5.